The van der Waals surface area contributed by atoms with Gasteiger partial charge in [-0.3, -0.25) is 4.79 Å². The predicted octanol–water partition coefficient (Wildman–Crippen LogP) is 6.20. The third kappa shape index (κ3) is 4.23. The van der Waals surface area contributed by atoms with Gasteiger partial charge in [-0.15, -0.1) is 0 Å². The molecule has 2 unspecified atom stereocenters. The molecule has 1 N–H and O–H groups in total. The molecule has 3 fully saturated rings. The largest absolute Gasteiger partial charge is 0.316 e. The summed E-state index contributed by atoms with van der Waals surface area (Å²) in [4.78, 5) is 15.9. The van der Waals surface area contributed by atoms with Gasteiger partial charge in [0.1, 0.15) is 0 Å². The zero-order chi connectivity index (χ0) is 21.4. The molecule has 1 saturated heterocycles. The number of carbonyl (C=O) groups is 1. The molecule has 2 aliphatic carbocycles. The first-order valence-corrected chi connectivity index (χ1v) is 12.9. The molecule has 2 atom stereocenters. The molecule has 0 bridgehead atoms. The molecule has 5 rings (SSSR count). The number of benzene rings is 1. The van der Waals surface area contributed by atoms with Crippen LogP contribution in [0, 0.1) is 17.8 Å². The monoisotopic (exact) mass is 420 g/mol. The van der Waals surface area contributed by atoms with E-state index in [-0.39, 0.29) is 5.92 Å². The second-order valence-electron chi connectivity index (χ2n) is 10.9. The molecule has 2 aliphatic heterocycles. The van der Waals surface area contributed by atoms with E-state index in [1.807, 2.05) is 0 Å². The number of carbonyl (C=O) groups excluding carboxylic acids is 1. The highest BCUT2D eigenvalue weighted by atomic mass is 16.2. The summed E-state index contributed by atoms with van der Waals surface area (Å²) >= 11 is 0. The van der Waals surface area contributed by atoms with E-state index in [0.29, 0.717) is 17.9 Å². The molecule has 3 nitrogen and oxygen atoms in total. The molecular weight excluding hydrogens is 380 g/mol. The fourth-order valence-electron chi connectivity index (χ4n) is 7.07. The minimum atomic E-state index is 0.0830. The zero-order valence-corrected chi connectivity index (χ0v) is 19.5. The Balaban J connectivity index is 1.24. The quantitative estimate of drug-likeness (QED) is 0.588. The SMILES string of the molecule is CC(C)=C1CCC(C2CCC(N3C(=O)C(CC4CCNC4)c4ccccc43)CC2)CC1. The lowest BCUT2D eigenvalue weighted by Crippen LogP contribution is -2.42. The van der Waals surface area contributed by atoms with Crippen LogP contribution in [0.3, 0.4) is 0 Å². The summed E-state index contributed by atoms with van der Waals surface area (Å²) in [5, 5.41) is 3.48. The number of allylic oxidation sites excluding steroid dienone is 2. The van der Waals surface area contributed by atoms with E-state index < -0.39 is 0 Å². The number of hydrogen-bond acceptors (Lipinski definition) is 2. The third-order valence-corrected chi connectivity index (χ3v) is 8.95. The smallest absolute Gasteiger partial charge is 0.234 e. The van der Waals surface area contributed by atoms with Crippen LogP contribution in [0.25, 0.3) is 0 Å². The standard InChI is InChI=1S/C28H40N2O/c1-19(2)21-7-9-22(10-8-21)23-11-13-24(14-12-23)30-27-6-4-3-5-25(27)26(28(30)31)17-20-15-16-29-18-20/h3-6,20,22-24,26,29H,7-18H2,1-2H3. The Bertz CT molecular complexity index is 815. The highest BCUT2D eigenvalue weighted by Gasteiger charge is 2.43. The van der Waals surface area contributed by atoms with Crippen molar-refractivity contribution >= 4 is 11.6 Å². The maximum Gasteiger partial charge on any atom is 0.234 e. The summed E-state index contributed by atoms with van der Waals surface area (Å²) in [6, 6.07) is 9.07. The molecule has 168 valence electrons. The second-order valence-corrected chi connectivity index (χ2v) is 10.9. The normalized spacial score (nSPS) is 33.6. The summed E-state index contributed by atoms with van der Waals surface area (Å²) in [6.07, 6.45) is 12.6. The van der Waals surface area contributed by atoms with Gasteiger partial charge >= 0.3 is 0 Å². The van der Waals surface area contributed by atoms with Crippen molar-refractivity contribution in [2.75, 3.05) is 18.0 Å². The molecule has 4 aliphatic rings. The molecule has 31 heavy (non-hydrogen) atoms. The Morgan fingerprint density at radius 2 is 1.68 bits per heavy atom. The molecule has 3 heteroatoms. The third-order valence-electron chi connectivity index (χ3n) is 8.95. The highest BCUT2D eigenvalue weighted by molar-refractivity contribution is 6.05. The molecule has 1 aromatic rings. The second kappa shape index (κ2) is 9.10. The number of para-hydroxylation sites is 1. The zero-order valence-electron chi connectivity index (χ0n) is 19.5. The summed E-state index contributed by atoms with van der Waals surface area (Å²) in [5.74, 6) is 2.91. The van der Waals surface area contributed by atoms with E-state index in [4.69, 9.17) is 0 Å². The number of rotatable bonds is 4. The summed E-state index contributed by atoms with van der Waals surface area (Å²) < 4.78 is 0. The van der Waals surface area contributed by atoms with Gasteiger partial charge in [0.15, 0.2) is 0 Å². The van der Waals surface area contributed by atoms with Crippen LogP contribution in [0.15, 0.2) is 35.4 Å². The number of hydrogen-bond donors (Lipinski definition) is 1. The van der Waals surface area contributed by atoms with Gasteiger partial charge in [-0.1, -0.05) is 29.3 Å². The number of nitrogens with zero attached hydrogens (tertiary/aromatic N) is 1. The molecule has 1 amide bonds. The number of fused-ring (bicyclic) bond motifs is 1. The van der Waals surface area contributed by atoms with Gasteiger partial charge in [0.05, 0.1) is 5.92 Å². The molecule has 1 aromatic carbocycles. The summed E-state index contributed by atoms with van der Waals surface area (Å²) in [6.45, 7) is 6.74. The fraction of sp³-hybridized carbons (Fsp3) is 0.679. The number of amides is 1. The Labute approximate surface area is 188 Å². The van der Waals surface area contributed by atoms with Crippen molar-refractivity contribution in [2.24, 2.45) is 17.8 Å². The van der Waals surface area contributed by atoms with Crippen LogP contribution in [-0.2, 0) is 4.79 Å². The van der Waals surface area contributed by atoms with E-state index in [2.05, 4.69) is 48.3 Å². The maximum atomic E-state index is 13.6. The van der Waals surface area contributed by atoms with Crippen LogP contribution < -0.4 is 10.2 Å². The minimum Gasteiger partial charge on any atom is -0.316 e. The molecule has 2 heterocycles. The van der Waals surface area contributed by atoms with Crippen molar-refractivity contribution in [3.63, 3.8) is 0 Å². The Kier molecular flexibility index (Phi) is 6.23. The van der Waals surface area contributed by atoms with E-state index in [0.717, 1.165) is 31.3 Å². The van der Waals surface area contributed by atoms with Crippen molar-refractivity contribution in [3.8, 4) is 0 Å². The van der Waals surface area contributed by atoms with Crippen molar-refractivity contribution < 1.29 is 4.79 Å². The minimum absolute atomic E-state index is 0.0830. The maximum absolute atomic E-state index is 13.6. The highest BCUT2D eigenvalue weighted by Crippen LogP contribution is 2.46. The van der Waals surface area contributed by atoms with Gasteiger partial charge in [0.25, 0.3) is 0 Å². The lowest BCUT2D eigenvalue weighted by molar-refractivity contribution is -0.120. The first-order valence-electron chi connectivity index (χ1n) is 12.9. The molecule has 0 aromatic heterocycles. The predicted molar refractivity (Wildman–Crippen MR) is 128 cm³/mol. The van der Waals surface area contributed by atoms with Gasteiger partial charge in [0, 0.05) is 11.7 Å². The van der Waals surface area contributed by atoms with E-state index >= 15 is 0 Å². The van der Waals surface area contributed by atoms with Crippen molar-refractivity contribution in [2.45, 2.75) is 90.0 Å². The van der Waals surface area contributed by atoms with Crippen LogP contribution in [0.2, 0.25) is 0 Å². The van der Waals surface area contributed by atoms with Crippen LogP contribution in [-0.4, -0.2) is 25.0 Å². The van der Waals surface area contributed by atoms with Crippen LogP contribution >= 0.6 is 0 Å². The van der Waals surface area contributed by atoms with Gasteiger partial charge < -0.3 is 10.2 Å². The first kappa shape index (κ1) is 21.2. The summed E-state index contributed by atoms with van der Waals surface area (Å²) in [7, 11) is 0. The van der Waals surface area contributed by atoms with E-state index in [9.17, 15) is 4.79 Å². The topological polar surface area (TPSA) is 32.3 Å². The lowest BCUT2D eigenvalue weighted by Gasteiger charge is -2.39. The van der Waals surface area contributed by atoms with Crippen molar-refractivity contribution in [1.82, 2.24) is 5.32 Å². The molecule has 0 spiro atoms. The van der Waals surface area contributed by atoms with Crippen LogP contribution in [0.1, 0.15) is 89.5 Å². The fourth-order valence-corrected chi connectivity index (χ4v) is 7.07. The van der Waals surface area contributed by atoms with Gasteiger partial charge in [0.2, 0.25) is 5.91 Å². The lowest BCUT2D eigenvalue weighted by atomic mass is 9.71. The number of anilines is 1. The molecule has 2 saturated carbocycles. The first-order chi connectivity index (χ1) is 15.1. The molecular formula is C28H40N2O. The van der Waals surface area contributed by atoms with Gasteiger partial charge in [-0.05, 0) is 121 Å². The van der Waals surface area contributed by atoms with Gasteiger partial charge in [-0.25, -0.2) is 0 Å². The average Bonchev–Trinajstić information content (AvgIpc) is 3.41. The summed E-state index contributed by atoms with van der Waals surface area (Å²) in [5.41, 5.74) is 5.78. The molecule has 0 radical (unpaired) electrons. The Morgan fingerprint density at radius 3 is 2.35 bits per heavy atom. The van der Waals surface area contributed by atoms with Gasteiger partial charge in [-0.2, -0.15) is 0 Å². The van der Waals surface area contributed by atoms with E-state index in [1.54, 1.807) is 11.1 Å². The van der Waals surface area contributed by atoms with Crippen LogP contribution in [0.5, 0.6) is 0 Å². The Hall–Kier alpha value is -1.61. The van der Waals surface area contributed by atoms with Crippen molar-refractivity contribution in [3.05, 3.63) is 41.0 Å². The van der Waals surface area contributed by atoms with Crippen molar-refractivity contribution in [1.29, 1.82) is 0 Å². The number of nitrogens with one attached hydrogen (secondary N) is 1. The van der Waals surface area contributed by atoms with E-state index in [1.165, 1.54) is 69.0 Å². The average molecular weight is 421 g/mol. The Morgan fingerprint density at radius 1 is 0.968 bits per heavy atom. The van der Waals surface area contributed by atoms with Crippen LogP contribution in [0.4, 0.5) is 5.69 Å².